The number of carbonyl (C=O) groups excluding carboxylic acids is 2. The molecule has 9 heteroatoms. The number of sulfonamides is 1. The molecule has 1 saturated heterocycles. The van der Waals surface area contributed by atoms with E-state index in [9.17, 15) is 18.0 Å². The van der Waals surface area contributed by atoms with E-state index >= 15 is 0 Å². The Kier molecular flexibility index (Phi) is 6.55. The highest BCUT2D eigenvalue weighted by Crippen LogP contribution is 2.39. The van der Waals surface area contributed by atoms with Crippen LogP contribution in [0.15, 0.2) is 47.4 Å². The smallest absolute Gasteiger partial charge is 0.244 e. The first-order chi connectivity index (χ1) is 15.3. The van der Waals surface area contributed by atoms with Crippen molar-refractivity contribution in [3.63, 3.8) is 0 Å². The first kappa shape index (κ1) is 22.8. The first-order valence-corrected chi connectivity index (χ1v) is 12.4. The Labute approximate surface area is 192 Å². The highest BCUT2D eigenvalue weighted by molar-refractivity contribution is 7.89. The van der Waals surface area contributed by atoms with E-state index in [1.54, 1.807) is 36.4 Å². The molecule has 2 fully saturated rings. The molecule has 2 aromatic rings. The maximum absolute atomic E-state index is 13.0. The molecule has 1 aliphatic heterocycles. The molecule has 170 valence electrons. The number of carbonyl (C=O) groups is 2. The van der Waals surface area contributed by atoms with E-state index < -0.39 is 10.0 Å². The van der Waals surface area contributed by atoms with Crippen molar-refractivity contribution in [3.8, 4) is 5.75 Å². The van der Waals surface area contributed by atoms with E-state index in [0.29, 0.717) is 10.6 Å². The molecule has 0 bridgehead atoms. The van der Waals surface area contributed by atoms with Crippen LogP contribution < -0.4 is 9.46 Å². The van der Waals surface area contributed by atoms with Crippen LogP contribution >= 0.6 is 11.6 Å². The third kappa shape index (κ3) is 4.53. The molecule has 0 radical (unpaired) electrons. The molecule has 7 nitrogen and oxygen atoms in total. The molecule has 1 saturated carbocycles. The highest BCUT2D eigenvalue weighted by atomic mass is 35.5. The van der Waals surface area contributed by atoms with E-state index in [1.807, 2.05) is 0 Å². The molecule has 2 amide bonds. The average molecular weight is 477 g/mol. The number of methoxy groups -OCH3 is 1. The number of amides is 2. The van der Waals surface area contributed by atoms with Gasteiger partial charge in [0.05, 0.1) is 25.5 Å². The maximum Gasteiger partial charge on any atom is 0.244 e. The Morgan fingerprint density at radius 2 is 1.59 bits per heavy atom. The van der Waals surface area contributed by atoms with E-state index in [2.05, 4.69) is 4.72 Å². The topological polar surface area (TPSA) is 92.8 Å². The van der Waals surface area contributed by atoms with Gasteiger partial charge < -0.3 is 4.74 Å². The zero-order valence-electron chi connectivity index (χ0n) is 17.7. The minimum Gasteiger partial charge on any atom is -0.495 e. The summed E-state index contributed by atoms with van der Waals surface area (Å²) < 4.78 is 33.8. The molecule has 0 spiro atoms. The summed E-state index contributed by atoms with van der Waals surface area (Å²) >= 11 is 5.88. The number of fused-ring (bicyclic) bond motifs is 1. The Hall–Kier alpha value is -2.42. The number of rotatable bonds is 7. The van der Waals surface area contributed by atoms with Crippen LogP contribution in [0.4, 0.5) is 0 Å². The van der Waals surface area contributed by atoms with Gasteiger partial charge in [0.15, 0.2) is 0 Å². The van der Waals surface area contributed by atoms with Crippen molar-refractivity contribution in [2.45, 2.75) is 43.7 Å². The molecule has 1 aliphatic carbocycles. The lowest BCUT2D eigenvalue weighted by Gasteiger charge is -2.19. The average Bonchev–Trinajstić information content (AvgIpc) is 3.04. The lowest BCUT2D eigenvalue weighted by molar-refractivity contribution is -0.140. The van der Waals surface area contributed by atoms with Gasteiger partial charge in [-0.15, -0.1) is 0 Å². The lowest BCUT2D eigenvalue weighted by atomic mass is 9.81. The molecule has 32 heavy (non-hydrogen) atoms. The van der Waals surface area contributed by atoms with Gasteiger partial charge in [0.2, 0.25) is 21.8 Å². The van der Waals surface area contributed by atoms with Gasteiger partial charge in [-0.3, -0.25) is 14.5 Å². The van der Waals surface area contributed by atoms with Crippen LogP contribution in [-0.2, 0) is 32.7 Å². The van der Waals surface area contributed by atoms with Crippen LogP contribution in [0.2, 0.25) is 5.02 Å². The summed E-state index contributed by atoms with van der Waals surface area (Å²) in [6.07, 6.45) is 3.39. The van der Waals surface area contributed by atoms with Crippen LogP contribution in [0.25, 0.3) is 0 Å². The van der Waals surface area contributed by atoms with Gasteiger partial charge in [0.1, 0.15) is 10.6 Å². The number of benzene rings is 2. The molecule has 2 aromatic carbocycles. The van der Waals surface area contributed by atoms with Gasteiger partial charge in [-0.1, -0.05) is 42.6 Å². The summed E-state index contributed by atoms with van der Waals surface area (Å²) in [6.45, 7) is 0.133. The summed E-state index contributed by atoms with van der Waals surface area (Å²) in [5.41, 5.74) is 1.31. The molecular formula is C23H25ClN2O5S. The Morgan fingerprint density at radius 3 is 2.19 bits per heavy atom. The second-order valence-electron chi connectivity index (χ2n) is 8.20. The fourth-order valence-corrected chi connectivity index (χ4v) is 5.82. The summed E-state index contributed by atoms with van der Waals surface area (Å²) in [4.78, 5) is 26.8. The van der Waals surface area contributed by atoms with Gasteiger partial charge in [-0.05, 0) is 48.2 Å². The first-order valence-electron chi connectivity index (χ1n) is 10.6. The SMILES string of the molecule is COc1ccc(CN2C(=O)[C@H]3CCCC[C@@H]3C2=O)cc1S(=O)(=O)NCc1ccc(Cl)cc1. The molecule has 1 heterocycles. The molecule has 2 aliphatic rings. The van der Waals surface area contributed by atoms with Gasteiger partial charge in [-0.2, -0.15) is 0 Å². The van der Waals surface area contributed by atoms with Crippen molar-refractivity contribution >= 4 is 33.4 Å². The summed E-state index contributed by atoms with van der Waals surface area (Å²) in [7, 11) is -2.52. The largest absolute Gasteiger partial charge is 0.495 e. The molecule has 1 N–H and O–H groups in total. The van der Waals surface area contributed by atoms with E-state index in [1.165, 1.54) is 18.1 Å². The Morgan fingerprint density at radius 1 is 1.00 bits per heavy atom. The van der Waals surface area contributed by atoms with Gasteiger partial charge in [0, 0.05) is 11.6 Å². The number of halogens is 1. The third-order valence-electron chi connectivity index (χ3n) is 6.17. The monoisotopic (exact) mass is 476 g/mol. The number of likely N-dealkylation sites (tertiary alicyclic amines) is 1. The number of hydrogen-bond acceptors (Lipinski definition) is 5. The normalized spacial score (nSPS) is 21.0. The minimum atomic E-state index is -3.91. The highest BCUT2D eigenvalue weighted by Gasteiger charge is 2.47. The van der Waals surface area contributed by atoms with Crippen molar-refractivity contribution in [2.75, 3.05) is 7.11 Å². The van der Waals surface area contributed by atoms with Crippen molar-refractivity contribution < 1.29 is 22.7 Å². The predicted octanol–water partition coefficient (Wildman–Crippen LogP) is 3.50. The molecule has 0 aromatic heterocycles. The zero-order valence-corrected chi connectivity index (χ0v) is 19.3. The zero-order chi connectivity index (χ0) is 22.9. The summed E-state index contributed by atoms with van der Waals surface area (Å²) in [5, 5.41) is 0.567. The number of nitrogens with zero attached hydrogens (tertiary/aromatic N) is 1. The van der Waals surface area contributed by atoms with Crippen molar-refractivity contribution in [2.24, 2.45) is 11.8 Å². The summed E-state index contributed by atoms with van der Waals surface area (Å²) in [6, 6.07) is 11.5. The number of nitrogens with one attached hydrogen (secondary N) is 1. The minimum absolute atomic E-state index is 0.0389. The number of hydrogen-bond donors (Lipinski definition) is 1. The fraction of sp³-hybridized carbons (Fsp3) is 0.391. The van der Waals surface area contributed by atoms with Crippen molar-refractivity contribution in [3.05, 3.63) is 58.6 Å². The quantitative estimate of drug-likeness (QED) is 0.617. The number of imide groups is 1. The van der Waals surface area contributed by atoms with E-state index in [-0.39, 0.29) is 47.4 Å². The molecule has 2 atom stereocenters. The van der Waals surface area contributed by atoms with Gasteiger partial charge >= 0.3 is 0 Å². The van der Waals surface area contributed by atoms with Crippen molar-refractivity contribution in [1.82, 2.24) is 9.62 Å². The van der Waals surface area contributed by atoms with Crippen LogP contribution in [0, 0.1) is 11.8 Å². The van der Waals surface area contributed by atoms with Gasteiger partial charge in [-0.25, -0.2) is 13.1 Å². The third-order valence-corrected chi connectivity index (χ3v) is 7.84. The molecule has 4 rings (SSSR count). The van der Waals surface area contributed by atoms with Gasteiger partial charge in [0.25, 0.3) is 0 Å². The molecular weight excluding hydrogens is 452 g/mol. The Bertz CT molecular complexity index is 1110. The fourth-order valence-electron chi connectivity index (χ4n) is 4.46. The standard InChI is InChI=1S/C23H25ClN2O5S/c1-31-20-11-8-16(14-26-22(27)18-4-2-3-5-19(18)23(26)28)12-21(20)32(29,30)25-13-15-6-9-17(24)10-7-15/h6-12,18-19,25H,2-5,13-14H2,1H3/t18-,19-/m0/s1. The maximum atomic E-state index is 13.0. The number of ether oxygens (including phenoxy) is 1. The van der Waals surface area contributed by atoms with Crippen molar-refractivity contribution in [1.29, 1.82) is 0 Å². The van der Waals surface area contributed by atoms with Crippen LogP contribution in [0.3, 0.4) is 0 Å². The Balaban J connectivity index is 1.55. The van der Waals surface area contributed by atoms with E-state index in [4.69, 9.17) is 16.3 Å². The lowest BCUT2D eigenvalue weighted by Crippen LogP contribution is -2.30. The molecule has 0 unspecified atom stereocenters. The summed E-state index contributed by atoms with van der Waals surface area (Å²) in [5.74, 6) is -0.593. The predicted molar refractivity (Wildman–Crippen MR) is 119 cm³/mol. The second kappa shape index (κ2) is 9.21. The van der Waals surface area contributed by atoms with Crippen LogP contribution in [0.5, 0.6) is 5.75 Å². The van der Waals surface area contributed by atoms with E-state index in [0.717, 1.165) is 31.2 Å². The van der Waals surface area contributed by atoms with Crippen LogP contribution in [-0.4, -0.2) is 32.2 Å². The second-order valence-corrected chi connectivity index (χ2v) is 10.4. The van der Waals surface area contributed by atoms with Crippen LogP contribution in [0.1, 0.15) is 36.8 Å².